The molecule has 0 aromatic heterocycles. The van der Waals surface area contributed by atoms with Gasteiger partial charge < -0.3 is 14.2 Å². The highest BCUT2D eigenvalue weighted by molar-refractivity contribution is 6.36. The van der Waals surface area contributed by atoms with Crippen LogP contribution in [0.4, 0.5) is 0 Å². The molecule has 3 rings (SSSR count). The van der Waals surface area contributed by atoms with Crippen LogP contribution in [0.1, 0.15) is 35.2 Å². The highest BCUT2D eigenvalue weighted by Crippen LogP contribution is 2.36. The fraction of sp³-hybridized carbons (Fsp3) is 0.250. The standard InChI is InChI=1S/C20H18O6/c1-2-24-20(23)19(22)15(11-16(21)13-6-4-3-5-7-13)14-8-9-17-18(10-14)26-12-25-17/h3-10,15H,2,11-12H2,1H3. The third-order valence-electron chi connectivity index (χ3n) is 4.08. The third-order valence-corrected chi connectivity index (χ3v) is 4.08. The van der Waals surface area contributed by atoms with Crippen LogP contribution >= 0.6 is 0 Å². The summed E-state index contributed by atoms with van der Waals surface area (Å²) in [6, 6.07) is 13.6. The van der Waals surface area contributed by atoms with E-state index in [1.807, 2.05) is 0 Å². The molecule has 0 radical (unpaired) electrons. The van der Waals surface area contributed by atoms with Gasteiger partial charge in [0.15, 0.2) is 17.3 Å². The van der Waals surface area contributed by atoms with E-state index in [2.05, 4.69) is 0 Å². The van der Waals surface area contributed by atoms with Crippen LogP contribution in [0.25, 0.3) is 0 Å². The number of benzene rings is 2. The van der Waals surface area contributed by atoms with E-state index in [1.165, 1.54) is 0 Å². The fourth-order valence-electron chi connectivity index (χ4n) is 2.76. The van der Waals surface area contributed by atoms with Gasteiger partial charge in [-0.05, 0) is 24.6 Å². The Hall–Kier alpha value is -3.15. The van der Waals surface area contributed by atoms with Crippen molar-refractivity contribution in [1.82, 2.24) is 0 Å². The van der Waals surface area contributed by atoms with Gasteiger partial charge in [0.1, 0.15) is 0 Å². The number of hydrogen-bond acceptors (Lipinski definition) is 6. The molecule has 134 valence electrons. The predicted molar refractivity (Wildman–Crippen MR) is 92.3 cm³/mol. The first-order chi connectivity index (χ1) is 12.6. The Labute approximate surface area is 150 Å². The number of fused-ring (bicyclic) bond motifs is 1. The van der Waals surface area contributed by atoms with E-state index in [9.17, 15) is 14.4 Å². The van der Waals surface area contributed by atoms with Crippen molar-refractivity contribution < 1.29 is 28.6 Å². The fourth-order valence-corrected chi connectivity index (χ4v) is 2.76. The predicted octanol–water partition coefficient (Wildman–Crippen LogP) is 2.90. The van der Waals surface area contributed by atoms with Crippen molar-refractivity contribution in [3.05, 3.63) is 59.7 Å². The molecular weight excluding hydrogens is 336 g/mol. The summed E-state index contributed by atoms with van der Waals surface area (Å²) in [4.78, 5) is 37.2. The second-order valence-electron chi connectivity index (χ2n) is 5.74. The minimum absolute atomic E-state index is 0.0884. The molecular formula is C20H18O6. The van der Waals surface area contributed by atoms with Crippen LogP contribution in [0, 0.1) is 0 Å². The number of carbonyl (C=O) groups excluding carboxylic acids is 3. The van der Waals surface area contributed by atoms with Crippen LogP contribution in [-0.2, 0) is 14.3 Å². The van der Waals surface area contributed by atoms with E-state index in [4.69, 9.17) is 14.2 Å². The number of ether oxygens (including phenoxy) is 3. The van der Waals surface area contributed by atoms with Crippen LogP contribution in [0.2, 0.25) is 0 Å². The smallest absolute Gasteiger partial charge is 0.375 e. The molecule has 0 N–H and O–H groups in total. The van der Waals surface area contributed by atoms with Crippen LogP contribution in [0.5, 0.6) is 11.5 Å². The minimum Gasteiger partial charge on any atom is -0.460 e. The molecule has 1 atom stereocenters. The van der Waals surface area contributed by atoms with E-state index in [-0.39, 0.29) is 25.6 Å². The van der Waals surface area contributed by atoms with E-state index in [0.29, 0.717) is 22.6 Å². The Kier molecular flexibility index (Phi) is 5.31. The quantitative estimate of drug-likeness (QED) is 0.432. The van der Waals surface area contributed by atoms with Gasteiger partial charge in [0, 0.05) is 12.0 Å². The maximum atomic E-state index is 12.6. The van der Waals surface area contributed by atoms with Gasteiger partial charge in [-0.3, -0.25) is 9.59 Å². The van der Waals surface area contributed by atoms with Crippen LogP contribution < -0.4 is 9.47 Å². The number of hydrogen-bond donors (Lipinski definition) is 0. The monoisotopic (exact) mass is 354 g/mol. The Morgan fingerprint density at radius 1 is 1.04 bits per heavy atom. The van der Waals surface area contributed by atoms with E-state index < -0.39 is 17.7 Å². The van der Waals surface area contributed by atoms with Crippen LogP contribution in [0.3, 0.4) is 0 Å². The maximum Gasteiger partial charge on any atom is 0.375 e. The van der Waals surface area contributed by atoms with Gasteiger partial charge in [-0.1, -0.05) is 36.4 Å². The summed E-state index contributed by atoms with van der Waals surface area (Å²) in [6.07, 6.45) is -0.138. The van der Waals surface area contributed by atoms with Crippen molar-refractivity contribution >= 4 is 17.5 Å². The summed E-state index contributed by atoms with van der Waals surface area (Å²) < 4.78 is 15.4. The molecule has 6 nitrogen and oxygen atoms in total. The normalized spacial score (nSPS) is 13.1. The number of rotatable bonds is 7. The van der Waals surface area contributed by atoms with E-state index in [1.54, 1.807) is 55.5 Å². The van der Waals surface area contributed by atoms with Crippen LogP contribution in [0.15, 0.2) is 48.5 Å². The van der Waals surface area contributed by atoms with Crippen LogP contribution in [-0.4, -0.2) is 30.9 Å². The number of esters is 1. The number of Topliss-reactive ketones (excluding diaryl/α,β-unsaturated/α-hetero) is 2. The summed E-state index contributed by atoms with van der Waals surface area (Å²) in [5.41, 5.74) is 0.992. The summed E-state index contributed by atoms with van der Waals surface area (Å²) in [7, 11) is 0. The van der Waals surface area contributed by atoms with Gasteiger partial charge >= 0.3 is 5.97 Å². The van der Waals surface area contributed by atoms with Crippen molar-refractivity contribution in [3.63, 3.8) is 0 Å². The Bertz CT molecular complexity index is 827. The molecule has 26 heavy (non-hydrogen) atoms. The molecule has 0 fully saturated rings. The van der Waals surface area contributed by atoms with Gasteiger partial charge in [-0.2, -0.15) is 0 Å². The summed E-state index contributed by atoms with van der Waals surface area (Å²) in [5, 5.41) is 0. The summed E-state index contributed by atoms with van der Waals surface area (Å²) in [5.74, 6) is -1.84. The zero-order chi connectivity index (χ0) is 18.5. The van der Waals surface area contributed by atoms with Gasteiger partial charge in [0.05, 0.1) is 12.5 Å². The zero-order valence-corrected chi connectivity index (χ0v) is 14.3. The second-order valence-corrected chi connectivity index (χ2v) is 5.74. The molecule has 1 aliphatic rings. The SMILES string of the molecule is CCOC(=O)C(=O)C(CC(=O)c1ccccc1)c1ccc2c(c1)OCO2. The maximum absolute atomic E-state index is 12.6. The first-order valence-electron chi connectivity index (χ1n) is 8.29. The Balaban J connectivity index is 1.90. The zero-order valence-electron chi connectivity index (χ0n) is 14.3. The van der Waals surface area contributed by atoms with Gasteiger partial charge in [-0.25, -0.2) is 4.79 Å². The molecule has 0 aliphatic carbocycles. The van der Waals surface area contributed by atoms with Gasteiger partial charge in [0.2, 0.25) is 12.6 Å². The number of ketones is 2. The highest BCUT2D eigenvalue weighted by atomic mass is 16.7. The topological polar surface area (TPSA) is 78.9 Å². The van der Waals surface area contributed by atoms with Crippen molar-refractivity contribution in [3.8, 4) is 11.5 Å². The molecule has 1 heterocycles. The van der Waals surface area contributed by atoms with Crippen molar-refractivity contribution in [2.24, 2.45) is 0 Å². The Morgan fingerprint density at radius 2 is 1.77 bits per heavy atom. The summed E-state index contributed by atoms with van der Waals surface area (Å²) >= 11 is 0. The number of carbonyl (C=O) groups is 3. The van der Waals surface area contributed by atoms with Gasteiger partial charge in [-0.15, -0.1) is 0 Å². The largest absolute Gasteiger partial charge is 0.460 e. The molecule has 2 aromatic rings. The molecule has 6 heteroatoms. The average molecular weight is 354 g/mol. The lowest BCUT2D eigenvalue weighted by molar-refractivity contribution is -0.154. The lowest BCUT2D eigenvalue weighted by Crippen LogP contribution is -2.26. The molecule has 0 saturated heterocycles. The third kappa shape index (κ3) is 3.74. The lowest BCUT2D eigenvalue weighted by atomic mass is 9.88. The Morgan fingerprint density at radius 3 is 2.50 bits per heavy atom. The van der Waals surface area contributed by atoms with Crippen molar-refractivity contribution in [2.45, 2.75) is 19.3 Å². The van der Waals surface area contributed by atoms with E-state index >= 15 is 0 Å². The highest BCUT2D eigenvalue weighted by Gasteiger charge is 2.31. The molecule has 0 amide bonds. The van der Waals surface area contributed by atoms with Crippen molar-refractivity contribution in [1.29, 1.82) is 0 Å². The summed E-state index contributed by atoms with van der Waals surface area (Å²) in [6.45, 7) is 1.80. The second kappa shape index (κ2) is 7.82. The molecule has 0 spiro atoms. The molecule has 1 unspecified atom stereocenters. The van der Waals surface area contributed by atoms with Crippen molar-refractivity contribution in [2.75, 3.05) is 13.4 Å². The molecule has 0 bridgehead atoms. The average Bonchev–Trinajstić information content (AvgIpc) is 3.14. The molecule has 1 aliphatic heterocycles. The molecule has 2 aromatic carbocycles. The lowest BCUT2D eigenvalue weighted by Gasteiger charge is -2.15. The minimum atomic E-state index is -0.948. The van der Waals surface area contributed by atoms with E-state index in [0.717, 1.165) is 0 Å². The first-order valence-corrected chi connectivity index (χ1v) is 8.29. The first kappa shape index (κ1) is 17.7. The molecule has 0 saturated carbocycles. The van der Waals surface area contributed by atoms with Gasteiger partial charge in [0.25, 0.3) is 0 Å².